The van der Waals surface area contributed by atoms with Crippen LogP contribution in [0.4, 0.5) is 5.82 Å². The van der Waals surface area contributed by atoms with Crippen molar-refractivity contribution >= 4 is 17.4 Å². The molecule has 3 nitrogen and oxygen atoms in total. The number of aryl methyl sites for hydroxylation is 2. The van der Waals surface area contributed by atoms with Gasteiger partial charge in [-0.05, 0) is 31.4 Å². The molecule has 0 aliphatic heterocycles. The van der Waals surface area contributed by atoms with Gasteiger partial charge < -0.3 is 5.32 Å². The van der Waals surface area contributed by atoms with E-state index in [1.165, 1.54) is 11.1 Å². The zero-order valence-electron chi connectivity index (χ0n) is 11.5. The van der Waals surface area contributed by atoms with Crippen molar-refractivity contribution in [2.24, 2.45) is 0 Å². The van der Waals surface area contributed by atoms with Gasteiger partial charge in [0.25, 0.3) is 0 Å². The molecular formula is C15H18ClN3. The Balaban J connectivity index is 2.09. The van der Waals surface area contributed by atoms with Gasteiger partial charge in [-0.3, -0.25) is 0 Å². The first-order valence-electron chi connectivity index (χ1n) is 6.42. The highest BCUT2D eigenvalue weighted by Gasteiger charge is 2.06. The van der Waals surface area contributed by atoms with Crippen LogP contribution in [-0.4, -0.2) is 9.97 Å². The lowest BCUT2D eigenvalue weighted by atomic mass is 10.1. The van der Waals surface area contributed by atoms with Crippen molar-refractivity contribution in [3.8, 4) is 0 Å². The maximum Gasteiger partial charge on any atom is 0.137 e. The largest absolute Gasteiger partial charge is 0.366 e. The van der Waals surface area contributed by atoms with Crippen molar-refractivity contribution in [2.75, 3.05) is 5.32 Å². The molecule has 1 aromatic carbocycles. The molecule has 0 saturated carbocycles. The molecule has 2 rings (SSSR count). The van der Waals surface area contributed by atoms with E-state index in [1.54, 1.807) is 0 Å². The lowest BCUT2D eigenvalue weighted by molar-refractivity contribution is 1.00. The maximum atomic E-state index is 6.05. The topological polar surface area (TPSA) is 37.8 Å². The SMILES string of the molecule is CCc1ccc(CNc2nc(C)nc(Cl)c2C)cc1. The molecule has 0 unspecified atom stereocenters. The first-order chi connectivity index (χ1) is 9.10. The van der Waals surface area contributed by atoms with Gasteiger partial charge in [0.05, 0.1) is 0 Å². The van der Waals surface area contributed by atoms with E-state index in [9.17, 15) is 0 Å². The molecule has 100 valence electrons. The van der Waals surface area contributed by atoms with E-state index >= 15 is 0 Å². The van der Waals surface area contributed by atoms with Gasteiger partial charge in [0.1, 0.15) is 16.8 Å². The monoisotopic (exact) mass is 275 g/mol. The number of nitrogens with zero attached hydrogens (tertiary/aromatic N) is 2. The number of halogens is 1. The molecule has 0 aliphatic rings. The Kier molecular flexibility index (Phi) is 4.38. The van der Waals surface area contributed by atoms with Crippen LogP contribution in [0.15, 0.2) is 24.3 Å². The van der Waals surface area contributed by atoms with E-state index < -0.39 is 0 Å². The molecule has 19 heavy (non-hydrogen) atoms. The Labute approximate surface area is 119 Å². The van der Waals surface area contributed by atoms with E-state index in [2.05, 4.69) is 46.5 Å². The fourth-order valence-electron chi connectivity index (χ4n) is 1.84. The molecule has 1 N–H and O–H groups in total. The molecule has 1 aromatic heterocycles. The lowest BCUT2D eigenvalue weighted by Crippen LogP contribution is -2.06. The maximum absolute atomic E-state index is 6.05. The highest BCUT2D eigenvalue weighted by atomic mass is 35.5. The summed E-state index contributed by atoms with van der Waals surface area (Å²) in [6.07, 6.45) is 1.06. The molecule has 0 aliphatic carbocycles. The van der Waals surface area contributed by atoms with Crippen molar-refractivity contribution in [2.45, 2.75) is 33.7 Å². The summed E-state index contributed by atoms with van der Waals surface area (Å²) in [5.74, 6) is 1.48. The number of benzene rings is 1. The van der Waals surface area contributed by atoms with Crippen LogP contribution in [0.25, 0.3) is 0 Å². The zero-order chi connectivity index (χ0) is 13.8. The smallest absolute Gasteiger partial charge is 0.137 e. The standard InChI is InChI=1S/C15H18ClN3/c1-4-12-5-7-13(8-6-12)9-17-15-10(2)14(16)18-11(3)19-15/h5-8H,4,9H2,1-3H3,(H,17,18,19). The molecule has 0 radical (unpaired) electrons. The van der Waals surface area contributed by atoms with Gasteiger partial charge in [0, 0.05) is 12.1 Å². The minimum atomic E-state index is 0.510. The summed E-state index contributed by atoms with van der Waals surface area (Å²) in [4.78, 5) is 8.50. The summed E-state index contributed by atoms with van der Waals surface area (Å²) >= 11 is 6.05. The first-order valence-corrected chi connectivity index (χ1v) is 6.80. The molecule has 0 atom stereocenters. The van der Waals surface area contributed by atoms with Gasteiger partial charge in [0.2, 0.25) is 0 Å². The quantitative estimate of drug-likeness (QED) is 0.860. The average Bonchev–Trinajstić information content (AvgIpc) is 2.41. The van der Waals surface area contributed by atoms with Gasteiger partial charge in [-0.25, -0.2) is 9.97 Å². The van der Waals surface area contributed by atoms with Crippen LogP contribution < -0.4 is 5.32 Å². The fraction of sp³-hybridized carbons (Fsp3) is 0.333. The van der Waals surface area contributed by atoms with Crippen molar-refractivity contribution < 1.29 is 0 Å². The average molecular weight is 276 g/mol. The summed E-state index contributed by atoms with van der Waals surface area (Å²) in [5.41, 5.74) is 3.46. The van der Waals surface area contributed by atoms with Crippen LogP contribution >= 0.6 is 11.6 Å². The number of aromatic nitrogens is 2. The predicted octanol–water partition coefficient (Wildman–Crippen LogP) is 3.92. The summed E-state index contributed by atoms with van der Waals surface area (Å²) < 4.78 is 0. The summed E-state index contributed by atoms with van der Waals surface area (Å²) in [5, 5.41) is 3.82. The second-order valence-corrected chi connectivity index (χ2v) is 4.92. The number of rotatable bonds is 4. The summed E-state index contributed by atoms with van der Waals surface area (Å²) in [6.45, 7) is 6.65. The molecule has 4 heteroatoms. The molecule has 0 bridgehead atoms. The first kappa shape index (κ1) is 13.8. The Morgan fingerprint density at radius 3 is 2.32 bits per heavy atom. The lowest BCUT2D eigenvalue weighted by Gasteiger charge is -2.10. The van der Waals surface area contributed by atoms with E-state index in [1.807, 2.05) is 13.8 Å². The van der Waals surface area contributed by atoms with Crippen molar-refractivity contribution in [1.29, 1.82) is 0 Å². The number of hydrogen-bond acceptors (Lipinski definition) is 3. The Morgan fingerprint density at radius 2 is 1.68 bits per heavy atom. The van der Waals surface area contributed by atoms with Gasteiger partial charge in [-0.2, -0.15) is 0 Å². The van der Waals surface area contributed by atoms with Crippen molar-refractivity contribution in [3.05, 3.63) is 51.9 Å². The van der Waals surface area contributed by atoms with E-state index in [-0.39, 0.29) is 0 Å². The number of hydrogen-bond donors (Lipinski definition) is 1. The van der Waals surface area contributed by atoms with Crippen molar-refractivity contribution in [3.63, 3.8) is 0 Å². The van der Waals surface area contributed by atoms with Crippen LogP contribution in [0, 0.1) is 13.8 Å². The van der Waals surface area contributed by atoms with Gasteiger partial charge in [-0.15, -0.1) is 0 Å². The highest BCUT2D eigenvalue weighted by molar-refractivity contribution is 6.30. The Hall–Kier alpha value is -1.61. The second kappa shape index (κ2) is 6.02. The highest BCUT2D eigenvalue weighted by Crippen LogP contribution is 2.20. The Morgan fingerprint density at radius 1 is 1.05 bits per heavy atom. The van der Waals surface area contributed by atoms with E-state index in [0.717, 1.165) is 24.3 Å². The van der Waals surface area contributed by atoms with Crippen LogP contribution in [-0.2, 0) is 13.0 Å². The van der Waals surface area contributed by atoms with Gasteiger partial charge >= 0.3 is 0 Å². The van der Waals surface area contributed by atoms with E-state index in [0.29, 0.717) is 11.0 Å². The fourth-order valence-corrected chi connectivity index (χ4v) is 2.06. The zero-order valence-corrected chi connectivity index (χ0v) is 12.3. The Bertz CT molecular complexity index is 564. The molecular weight excluding hydrogens is 258 g/mol. The molecule has 1 heterocycles. The molecule has 0 spiro atoms. The third-order valence-electron chi connectivity index (χ3n) is 3.09. The van der Waals surface area contributed by atoms with Crippen molar-refractivity contribution in [1.82, 2.24) is 9.97 Å². The minimum Gasteiger partial charge on any atom is -0.366 e. The van der Waals surface area contributed by atoms with E-state index in [4.69, 9.17) is 11.6 Å². The van der Waals surface area contributed by atoms with Gasteiger partial charge in [0.15, 0.2) is 0 Å². The predicted molar refractivity (Wildman–Crippen MR) is 79.7 cm³/mol. The van der Waals surface area contributed by atoms with Crippen LogP contribution in [0.2, 0.25) is 5.15 Å². The van der Waals surface area contributed by atoms with Gasteiger partial charge in [-0.1, -0.05) is 42.8 Å². The summed E-state index contributed by atoms with van der Waals surface area (Å²) in [6, 6.07) is 8.58. The number of nitrogens with one attached hydrogen (secondary N) is 1. The normalized spacial score (nSPS) is 10.5. The molecule has 2 aromatic rings. The third-order valence-corrected chi connectivity index (χ3v) is 3.46. The molecule has 0 amide bonds. The minimum absolute atomic E-state index is 0.510. The van der Waals surface area contributed by atoms with Crippen LogP contribution in [0.3, 0.4) is 0 Å². The molecule has 0 saturated heterocycles. The summed E-state index contributed by atoms with van der Waals surface area (Å²) in [7, 11) is 0. The third kappa shape index (κ3) is 3.44. The second-order valence-electron chi connectivity index (χ2n) is 4.56. The van der Waals surface area contributed by atoms with Crippen LogP contribution in [0.5, 0.6) is 0 Å². The number of anilines is 1. The molecule has 0 fully saturated rings. The van der Waals surface area contributed by atoms with Crippen LogP contribution in [0.1, 0.15) is 29.4 Å².